The standard InChI is InChI=1S/C10H8ClNO/c1-8-5-6-9(10(11)12-8)4-2-3-7-13/h5-7H,3H2,1H3. The van der Waals surface area contributed by atoms with Crippen LogP contribution in [0.1, 0.15) is 17.7 Å². The average Bonchev–Trinajstić information content (AvgIpc) is 2.09. The summed E-state index contributed by atoms with van der Waals surface area (Å²) < 4.78 is 0. The second-order valence-corrected chi connectivity index (χ2v) is 2.82. The zero-order valence-corrected chi connectivity index (χ0v) is 7.93. The summed E-state index contributed by atoms with van der Waals surface area (Å²) in [6, 6.07) is 3.62. The number of carbonyl (C=O) groups is 1. The molecule has 0 saturated carbocycles. The summed E-state index contributed by atoms with van der Waals surface area (Å²) in [4.78, 5) is 14.0. The first-order valence-electron chi connectivity index (χ1n) is 3.79. The highest BCUT2D eigenvalue weighted by Crippen LogP contribution is 2.11. The van der Waals surface area contributed by atoms with E-state index in [-0.39, 0.29) is 6.42 Å². The van der Waals surface area contributed by atoms with E-state index >= 15 is 0 Å². The average molecular weight is 194 g/mol. The van der Waals surface area contributed by atoms with Gasteiger partial charge < -0.3 is 4.79 Å². The van der Waals surface area contributed by atoms with Crippen molar-refractivity contribution >= 4 is 17.9 Å². The monoisotopic (exact) mass is 193 g/mol. The zero-order valence-electron chi connectivity index (χ0n) is 7.17. The van der Waals surface area contributed by atoms with Gasteiger partial charge in [-0.2, -0.15) is 0 Å². The van der Waals surface area contributed by atoms with Gasteiger partial charge in [-0.25, -0.2) is 4.98 Å². The first-order valence-corrected chi connectivity index (χ1v) is 4.17. The van der Waals surface area contributed by atoms with Crippen LogP contribution in [-0.2, 0) is 4.79 Å². The van der Waals surface area contributed by atoms with E-state index in [1.54, 1.807) is 6.07 Å². The molecule has 1 heterocycles. The molecule has 0 unspecified atom stereocenters. The fourth-order valence-electron chi connectivity index (χ4n) is 0.806. The van der Waals surface area contributed by atoms with Gasteiger partial charge in [0, 0.05) is 5.69 Å². The van der Waals surface area contributed by atoms with Gasteiger partial charge in [-0.1, -0.05) is 23.4 Å². The third-order valence-corrected chi connectivity index (χ3v) is 1.68. The predicted octanol–water partition coefficient (Wildman–Crippen LogP) is 1.98. The molecule has 0 saturated heterocycles. The van der Waals surface area contributed by atoms with Crippen molar-refractivity contribution in [3.63, 3.8) is 0 Å². The SMILES string of the molecule is Cc1ccc(C#CCC=O)c(Cl)n1. The lowest BCUT2D eigenvalue weighted by molar-refractivity contribution is -0.107. The first-order chi connectivity index (χ1) is 6.24. The Balaban J connectivity index is 2.91. The molecule has 0 aliphatic heterocycles. The van der Waals surface area contributed by atoms with Crippen molar-refractivity contribution in [1.82, 2.24) is 4.98 Å². The minimum absolute atomic E-state index is 0.226. The predicted molar refractivity (Wildman–Crippen MR) is 51.5 cm³/mol. The van der Waals surface area contributed by atoms with Gasteiger partial charge in [-0.05, 0) is 19.1 Å². The van der Waals surface area contributed by atoms with Crippen molar-refractivity contribution in [2.45, 2.75) is 13.3 Å². The summed E-state index contributed by atoms with van der Waals surface area (Å²) in [6.07, 6.45) is 0.979. The third-order valence-electron chi connectivity index (χ3n) is 1.40. The van der Waals surface area contributed by atoms with E-state index in [4.69, 9.17) is 11.6 Å². The number of hydrogen-bond donors (Lipinski definition) is 0. The highest BCUT2D eigenvalue weighted by molar-refractivity contribution is 6.30. The Morgan fingerprint density at radius 2 is 2.38 bits per heavy atom. The minimum Gasteiger partial charge on any atom is -0.302 e. The maximum absolute atomic E-state index is 9.98. The topological polar surface area (TPSA) is 30.0 Å². The number of hydrogen-bond acceptors (Lipinski definition) is 2. The molecule has 0 radical (unpaired) electrons. The summed E-state index contributed by atoms with van der Waals surface area (Å²) in [5, 5.41) is 0.387. The van der Waals surface area contributed by atoms with Crippen LogP contribution in [0.4, 0.5) is 0 Å². The normalized spacial score (nSPS) is 8.77. The molecule has 0 aliphatic carbocycles. The number of nitrogens with zero attached hydrogens (tertiary/aromatic N) is 1. The number of aldehydes is 1. The van der Waals surface area contributed by atoms with Crippen molar-refractivity contribution in [3.05, 3.63) is 28.5 Å². The number of carbonyl (C=O) groups excluding carboxylic acids is 1. The summed E-state index contributed by atoms with van der Waals surface area (Å²) >= 11 is 5.81. The molecule has 0 amide bonds. The van der Waals surface area contributed by atoms with Gasteiger partial charge in [0.2, 0.25) is 0 Å². The van der Waals surface area contributed by atoms with Gasteiger partial charge in [0.05, 0.1) is 12.0 Å². The van der Waals surface area contributed by atoms with Crippen molar-refractivity contribution < 1.29 is 4.79 Å². The highest BCUT2D eigenvalue weighted by atomic mass is 35.5. The van der Waals surface area contributed by atoms with Crippen LogP contribution in [0.2, 0.25) is 5.15 Å². The van der Waals surface area contributed by atoms with E-state index < -0.39 is 0 Å². The lowest BCUT2D eigenvalue weighted by Crippen LogP contribution is -1.85. The molecule has 1 rings (SSSR count). The van der Waals surface area contributed by atoms with E-state index in [0.29, 0.717) is 10.7 Å². The van der Waals surface area contributed by atoms with Crippen LogP contribution in [0.25, 0.3) is 0 Å². The number of pyridine rings is 1. The summed E-state index contributed by atoms with van der Waals surface area (Å²) in [5.74, 6) is 5.43. The Kier molecular flexibility index (Phi) is 3.48. The van der Waals surface area contributed by atoms with Gasteiger partial charge in [-0.15, -0.1) is 0 Å². The maximum atomic E-state index is 9.98. The Morgan fingerprint density at radius 3 is 3.00 bits per heavy atom. The molecule has 0 fully saturated rings. The minimum atomic E-state index is 0.226. The Hall–Kier alpha value is -1.33. The van der Waals surface area contributed by atoms with Crippen molar-refractivity contribution in [3.8, 4) is 11.8 Å². The molecule has 0 N–H and O–H groups in total. The van der Waals surface area contributed by atoms with E-state index in [9.17, 15) is 4.79 Å². The fourth-order valence-corrected chi connectivity index (χ4v) is 1.05. The molecule has 13 heavy (non-hydrogen) atoms. The van der Waals surface area contributed by atoms with Crippen LogP contribution in [0.3, 0.4) is 0 Å². The molecule has 0 aromatic carbocycles. The van der Waals surface area contributed by atoms with E-state index in [1.165, 1.54) is 0 Å². The maximum Gasteiger partial charge on any atom is 0.144 e. The third kappa shape index (κ3) is 2.89. The molecule has 66 valence electrons. The van der Waals surface area contributed by atoms with Crippen LogP contribution in [0, 0.1) is 18.8 Å². The molecule has 1 aromatic rings. The van der Waals surface area contributed by atoms with E-state index in [0.717, 1.165) is 12.0 Å². The zero-order chi connectivity index (χ0) is 9.68. The molecule has 2 nitrogen and oxygen atoms in total. The van der Waals surface area contributed by atoms with Crippen LogP contribution < -0.4 is 0 Å². The molecule has 1 aromatic heterocycles. The van der Waals surface area contributed by atoms with Crippen molar-refractivity contribution in [2.75, 3.05) is 0 Å². The van der Waals surface area contributed by atoms with E-state index in [1.807, 2.05) is 13.0 Å². The highest BCUT2D eigenvalue weighted by Gasteiger charge is 1.96. The fraction of sp³-hybridized carbons (Fsp3) is 0.200. The van der Waals surface area contributed by atoms with E-state index in [2.05, 4.69) is 16.8 Å². The summed E-state index contributed by atoms with van der Waals surface area (Å²) in [7, 11) is 0. The van der Waals surface area contributed by atoms with Crippen LogP contribution in [0.5, 0.6) is 0 Å². The summed E-state index contributed by atoms with van der Waals surface area (Å²) in [6.45, 7) is 1.86. The number of rotatable bonds is 1. The summed E-state index contributed by atoms with van der Waals surface area (Å²) in [5.41, 5.74) is 1.51. The molecule has 0 atom stereocenters. The molecular weight excluding hydrogens is 186 g/mol. The molecule has 0 aliphatic rings. The second kappa shape index (κ2) is 4.64. The molecular formula is C10H8ClNO. The largest absolute Gasteiger partial charge is 0.302 e. The van der Waals surface area contributed by atoms with Gasteiger partial charge >= 0.3 is 0 Å². The number of halogens is 1. The lowest BCUT2D eigenvalue weighted by atomic mass is 10.2. The Bertz CT molecular complexity index is 376. The number of aromatic nitrogens is 1. The molecule has 0 bridgehead atoms. The smallest absolute Gasteiger partial charge is 0.144 e. The Labute approximate surface area is 81.9 Å². The van der Waals surface area contributed by atoms with Crippen LogP contribution >= 0.6 is 11.6 Å². The van der Waals surface area contributed by atoms with Crippen LogP contribution in [-0.4, -0.2) is 11.3 Å². The van der Waals surface area contributed by atoms with Gasteiger partial charge in [0.25, 0.3) is 0 Å². The van der Waals surface area contributed by atoms with Crippen LogP contribution in [0.15, 0.2) is 12.1 Å². The first kappa shape index (κ1) is 9.76. The quantitative estimate of drug-likeness (QED) is 0.388. The molecule has 0 spiro atoms. The van der Waals surface area contributed by atoms with Crippen molar-refractivity contribution in [1.29, 1.82) is 0 Å². The van der Waals surface area contributed by atoms with Gasteiger partial charge in [-0.3, -0.25) is 0 Å². The lowest BCUT2D eigenvalue weighted by Gasteiger charge is -1.95. The van der Waals surface area contributed by atoms with Crippen molar-refractivity contribution in [2.24, 2.45) is 0 Å². The second-order valence-electron chi connectivity index (χ2n) is 2.46. The molecule has 3 heteroatoms. The number of aryl methyl sites for hydroxylation is 1. The Morgan fingerprint density at radius 1 is 1.62 bits per heavy atom. The van der Waals surface area contributed by atoms with Gasteiger partial charge in [0.1, 0.15) is 11.4 Å². The van der Waals surface area contributed by atoms with Gasteiger partial charge in [0.15, 0.2) is 0 Å².